The summed E-state index contributed by atoms with van der Waals surface area (Å²) in [6, 6.07) is 11.3. The average Bonchev–Trinajstić information content (AvgIpc) is 3.00. The quantitative estimate of drug-likeness (QED) is 0.456. The Labute approximate surface area is 139 Å². The maximum absolute atomic E-state index is 11.6. The number of benzene rings is 1. The van der Waals surface area contributed by atoms with Crippen LogP contribution in [-0.4, -0.2) is 34.3 Å². The van der Waals surface area contributed by atoms with Gasteiger partial charge in [-0.2, -0.15) is 0 Å². The zero-order valence-electron chi connectivity index (χ0n) is 13.1. The van der Waals surface area contributed by atoms with Gasteiger partial charge in [0, 0.05) is 18.4 Å². The molecule has 0 saturated carbocycles. The first-order valence-corrected chi connectivity index (χ1v) is 7.24. The molecule has 0 radical (unpaired) electrons. The molecule has 6 nitrogen and oxygen atoms in total. The molecule has 0 fully saturated rings. The van der Waals surface area contributed by atoms with Crippen LogP contribution in [0, 0.1) is 0 Å². The van der Waals surface area contributed by atoms with Gasteiger partial charge in [0.15, 0.2) is 5.78 Å². The highest BCUT2D eigenvalue weighted by atomic mass is 16.5. The van der Waals surface area contributed by atoms with Crippen molar-refractivity contribution in [2.75, 3.05) is 7.11 Å². The van der Waals surface area contributed by atoms with Crippen LogP contribution >= 0.6 is 0 Å². The molecule has 2 aromatic rings. The Morgan fingerprint density at radius 3 is 2.50 bits per heavy atom. The van der Waals surface area contributed by atoms with Crippen molar-refractivity contribution >= 4 is 23.6 Å². The predicted octanol–water partition coefficient (Wildman–Crippen LogP) is 2.17. The van der Waals surface area contributed by atoms with Gasteiger partial charge in [0.05, 0.1) is 13.5 Å². The van der Waals surface area contributed by atoms with Crippen LogP contribution in [-0.2, 0) is 20.9 Å². The van der Waals surface area contributed by atoms with Crippen molar-refractivity contribution in [2.24, 2.45) is 0 Å². The number of Topliss-reactive ketones (excluding diaryl/α,β-unsaturated/α-hetero) is 1. The lowest BCUT2D eigenvalue weighted by Gasteiger charge is -2.07. The fraction of sp³-hybridized carbons (Fsp3) is 0.167. The molecule has 1 aromatic heterocycles. The maximum atomic E-state index is 11.6. The number of nitrogens with zero attached hydrogens (tertiary/aromatic N) is 1. The molecule has 0 unspecified atom stereocenters. The number of carboxylic acids is 1. The topological polar surface area (TPSA) is 85.6 Å². The summed E-state index contributed by atoms with van der Waals surface area (Å²) in [4.78, 5) is 33.0. The van der Waals surface area contributed by atoms with Crippen LogP contribution in [0.1, 0.15) is 17.7 Å². The van der Waals surface area contributed by atoms with E-state index in [0.29, 0.717) is 6.54 Å². The first-order chi connectivity index (χ1) is 11.5. The lowest BCUT2D eigenvalue weighted by atomic mass is 10.2. The van der Waals surface area contributed by atoms with Crippen LogP contribution in [0.5, 0.6) is 5.75 Å². The Bertz CT molecular complexity index is 771. The number of hydrogen-bond donors (Lipinski definition) is 1. The lowest BCUT2D eigenvalue weighted by Crippen LogP contribution is -2.15. The van der Waals surface area contributed by atoms with Crippen LogP contribution < -0.4 is 4.74 Å². The first kappa shape index (κ1) is 17.2. The first-order valence-electron chi connectivity index (χ1n) is 7.24. The van der Waals surface area contributed by atoms with E-state index in [2.05, 4.69) is 0 Å². The molecule has 0 aliphatic rings. The standard InChI is InChI=1S/C18H17NO5/c1-24-16-8-4-13(5-9-16)12-19-10-2-3-14(19)6-7-15(20)11-17(21)18(22)23/h2-10H,11-12H2,1H3,(H,22,23)/b7-6+. The maximum Gasteiger partial charge on any atom is 0.372 e. The van der Waals surface area contributed by atoms with Gasteiger partial charge < -0.3 is 14.4 Å². The Hall–Kier alpha value is -3.15. The van der Waals surface area contributed by atoms with Gasteiger partial charge in [-0.25, -0.2) is 4.79 Å². The highest BCUT2D eigenvalue weighted by molar-refractivity contribution is 6.37. The summed E-state index contributed by atoms with van der Waals surface area (Å²) in [7, 11) is 1.61. The number of rotatable bonds is 8. The number of methoxy groups -OCH3 is 1. The second kappa shape index (κ2) is 7.92. The molecule has 0 amide bonds. The van der Waals surface area contributed by atoms with Crippen molar-refractivity contribution in [1.29, 1.82) is 0 Å². The van der Waals surface area contributed by atoms with E-state index in [1.807, 2.05) is 47.2 Å². The Balaban J connectivity index is 2.04. The number of carbonyl (C=O) groups is 3. The van der Waals surface area contributed by atoms with Crippen LogP contribution in [0.2, 0.25) is 0 Å². The summed E-state index contributed by atoms with van der Waals surface area (Å²) in [5.41, 5.74) is 1.84. The highest BCUT2D eigenvalue weighted by Crippen LogP contribution is 2.14. The van der Waals surface area contributed by atoms with Crippen molar-refractivity contribution < 1.29 is 24.2 Å². The van der Waals surface area contributed by atoms with Crippen molar-refractivity contribution in [3.63, 3.8) is 0 Å². The number of allylic oxidation sites excluding steroid dienone is 1. The van der Waals surface area contributed by atoms with Gasteiger partial charge in [-0.3, -0.25) is 9.59 Å². The van der Waals surface area contributed by atoms with Gasteiger partial charge in [0.2, 0.25) is 5.78 Å². The largest absolute Gasteiger partial charge is 0.497 e. The van der Waals surface area contributed by atoms with Gasteiger partial charge in [-0.1, -0.05) is 12.1 Å². The number of ketones is 2. The normalized spacial score (nSPS) is 10.7. The average molecular weight is 327 g/mol. The van der Waals surface area contributed by atoms with E-state index >= 15 is 0 Å². The number of ether oxygens (including phenoxy) is 1. The summed E-state index contributed by atoms with van der Waals surface area (Å²) in [6.07, 6.45) is 4.03. The molecule has 6 heteroatoms. The molecule has 1 N–H and O–H groups in total. The second-order valence-electron chi connectivity index (χ2n) is 5.11. The van der Waals surface area contributed by atoms with Crippen LogP contribution in [0.15, 0.2) is 48.7 Å². The van der Waals surface area contributed by atoms with E-state index in [4.69, 9.17) is 9.84 Å². The fourth-order valence-corrected chi connectivity index (χ4v) is 2.12. The smallest absolute Gasteiger partial charge is 0.372 e. The summed E-state index contributed by atoms with van der Waals surface area (Å²) in [5.74, 6) is -2.47. The number of carbonyl (C=O) groups excluding carboxylic acids is 2. The van der Waals surface area contributed by atoms with Crippen molar-refractivity contribution in [2.45, 2.75) is 13.0 Å². The summed E-state index contributed by atoms with van der Waals surface area (Å²) in [5, 5.41) is 8.49. The van der Waals surface area contributed by atoms with Crippen LogP contribution in [0.3, 0.4) is 0 Å². The molecule has 1 heterocycles. The molecule has 0 atom stereocenters. The molecule has 0 aliphatic carbocycles. The Morgan fingerprint density at radius 1 is 1.17 bits per heavy atom. The number of carboxylic acid groups (broad SMARTS) is 1. The SMILES string of the molecule is COc1ccc(Cn2cccc2/C=C/C(=O)CC(=O)C(=O)O)cc1. The third-order valence-corrected chi connectivity index (χ3v) is 3.39. The van der Waals surface area contributed by atoms with Crippen molar-refractivity contribution in [3.05, 3.63) is 59.9 Å². The predicted molar refractivity (Wildman–Crippen MR) is 87.8 cm³/mol. The van der Waals surface area contributed by atoms with Crippen molar-refractivity contribution in [1.82, 2.24) is 4.57 Å². The zero-order valence-corrected chi connectivity index (χ0v) is 13.1. The van der Waals surface area contributed by atoms with E-state index in [-0.39, 0.29) is 0 Å². The molecular weight excluding hydrogens is 310 g/mol. The van der Waals surface area contributed by atoms with Gasteiger partial charge in [-0.05, 0) is 42.0 Å². The molecule has 2 rings (SSSR count). The Kier molecular flexibility index (Phi) is 5.68. The molecular formula is C18H17NO5. The number of hydrogen-bond acceptors (Lipinski definition) is 4. The van der Waals surface area contributed by atoms with Gasteiger partial charge >= 0.3 is 5.97 Å². The molecule has 0 bridgehead atoms. The minimum atomic E-state index is -1.60. The zero-order chi connectivity index (χ0) is 17.5. The highest BCUT2D eigenvalue weighted by Gasteiger charge is 2.14. The molecule has 0 saturated heterocycles. The van der Waals surface area contributed by atoms with Gasteiger partial charge in [0.1, 0.15) is 5.75 Å². The van der Waals surface area contributed by atoms with E-state index in [9.17, 15) is 14.4 Å². The van der Waals surface area contributed by atoms with E-state index in [0.717, 1.165) is 17.0 Å². The summed E-state index contributed by atoms with van der Waals surface area (Å²) in [6.45, 7) is 0.610. The van der Waals surface area contributed by atoms with Crippen LogP contribution in [0.4, 0.5) is 0 Å². The minimum Gasteiger partial charge on any atom is -0.497 e. The number of aromatic nitrogens is 1. The number of aliphatic carboxylic acids is 1. The third kappa shape index (κ3) is 4.67. The third-order valence-electron chi connectivity index (χ3n) is 3.39. The monoisotopic (exact) mass is 327 g/mol. The van der Waals surface area contributed by atoms with Crippen molar-refractivity contribution in [3.8, 4) is 5.75 Å². The lowest BCUT2D eigenvalue weighted by molar-refractivity contribution is -0.149. The minimum absolute atomic E-state index is 0.542. The van der Waals surface area contributed by atoms with Crippen LogP contribution in [0.25, 0.3) is 6.08 Å². The van der Waals surface area contributed by atoms with E-state index in [1.165, 1.54) is 6.08 Å². The summed E-state index contributed by atoms with van der Waals surface area (Å²) >= 11 is 0. The van der Waals surface area contributed by atoms with E-state index in [1.54, 1.807) is 13.2 Å². The van der Waals surface area contributed by atoms with E-state index < -0.39 is 24.0 Å². The molecule has 124 valence electrons. The molecule has 1 aromatic carbocycles. The van der Waals surface area contributed by atoms with Gasteiger partial charge in [-0.15, -0.1) is 0 Å². The molecule has 24 heavy (non-hydrogen) atoms. The Morgan fingerprint density at radius 2 is 1.88 bits per heavy atom. The van der Waals surface area contributed by atoms with Gasteiger partial charge in [0.25, 0.3) is 0 Å². The molecule has 0 spiro atoms. The fourth-order valence-electron chi connectivity index (χ4n) is 2.12. The molecule has 0 aliphatic heterocycles. The second-order valence-corrected chi connectivity index (χ2v) is 5.11. The summed E-state index contributed by atoms with van der Waals surface area (Å²) < 4.78 is 7.05.